The standard InChI is InChI=1S/C14H18N6O2S/c1-9-16-10(6-12(17-9)18-14-19-15-8-23-14)11-4-3-5-20(11)13(21)7-22-2/h6,8,11H,3-5,7H2,1-2H3,(H,16,17,18,19). The van der Waals surface area contributed by atoms with Gasteiger partial charge in [-0.3, -0.25) is 4.79 Å². The second kappa shape index (κ2) is 6.97. The summed E-state index contributed by atoms with van der Waals surface area (Å²) in [4.78, 5) is 22.9. The number of methoxy groups -OCH3 is 1. The van der Waals surface area contributed by atoms with E-state index >= 15 is 0 Å². The first-order chi connectivity index (χ1) is 11.2. The Balaban J connectivity index is 1.84. The Morgan fingerprint density at radius 2 is 2.39 bits per heavy atom. The van der Waals surface area contributed by atoms with E-state index in [2.05, 4.69) is 25.5 Å². The predicted molar refractivity (Wildman–Crippen MR) is 85.5 cm³/mol. The highest BCUT2D eigenvalue weighted by molar-refractivity contribution is 7.13. The largest absolute Gasteiger partial charge is 0.375 e. The van der Waals surface area contributed by atoms with Gasteiger partial charge in [0, 0.05) is 19.7 Å². The van der Waals surface area contributed by atoms with Crippen molar-refractivity contribution < 1.29 is 9.53 Å². The van der Waals surface area contributed by atoms with Gasteiger partial charge in [0.05, 0.1) is 11.7 Å². The molecule has 0 aliphatic carbocycles. The molecule has 0 saturated carbocycles. The molecule has 1 N–H and O–H groups in total. The lowest BCUT2D eigenvalue weighted by Gasteiger charge is -2.24. The van der Waals surface area contributed by atoms with Crippen molar-refractivity contribution in [1.29, 1.82) is 0 Å². The van der Waals surface area contributed by atoms with Crippen LogP contribution in [-0.4, -0.2) is 51.2 Å². The molecule has 0 radical (unpaired) electrons. The third-order valence-corrected chi connectivity index (χ3v) is 4.24. The summed E-state index contributed by atoms with van der Waals surface area (Å²) in [6.45, 7) is 2.66. The molecule has 3 heterocycles. The summed E-state index contributed by atoms with van der Waals surface area (Å²) in [7, 11) is 1.53. The van der Waals surface area contributed by atoms with Gasteiger partial charge in [-0.15, -0.1) is 10.2 Å². The van der Waals surface area contributed by atoms with E-state index in [1.807, 2.05) is 17.9 Å². The van der Waals surface area contributed by atoms with Crippen molar-refractivity contribution in [2.24, 2.45) is 0 Å². The molecule has 8 nitrogen and oxygen atoms in total. The summed E-state index contributed by atoms with van der Waals surface area (Å²) >= 11 is 1.40. The van der Waals surface area contributed by atoms with Crippen molar-refractivity contribution in [3.63, 3.8) is 0 Å². The van der Waals surface area contributed by atoms with Crippen LogP contribution in [0.1, 0.15) is 30.4 Å². The zero-order chi connectivity index (χ0) is 16.2. The third kappa shape index (κ3) is 3.62. The Morgan fingerprint density at radius 1 is 1.52 bits per heavy atom. The minimum Gasteiger partial charge on any atom is -0.375 e. The van der Waals surface area contributed by atoms with Crippen LogP contribution in [0.3, 0.4) is 0 Å². The predicted octanol–water partition coefficient (Wildman–Crippen LogP) is 1.69. The van der Waals surface area contributed by atoms with E-state index in [4.69, 9.17) is 4.74 Å². The minimum atomic E-state index is -0.0330. The molecule has 1 fully saturated rings. The number of rotatable bonds is 5. The smallest absolute Gasteiger partial charge is 0.249 e. The molecule has 122 valence electrons. The molecule has 1 aliphatic rings. The number of hydrogen-bond donors (Lipinski definition) is 1. The molecule has 9 heteroatoms. The first kappa shape index (κ1) is 15.8. The molecule has 2 aromatic heterocycles. The summed E-state index contributed by atoms with van der Waals surface area (Å²) in [6.07, 6.45) is 1.85. The molecule has 1 aliphatic heterocycles. The number of aryl methyl sites for hydroxylation is 1. The maximum absolute atomic E-state index is 12.2. The van der Waals surface area contributed by atoms with E-state index in [0.29, 0.717) is 16.8 Å². The molecule has 23 heavy (non-hydrogen) atoms. The quantitative estimate of drug-likeness (QED) is 0.889. The van der Waals surface area contributed by atoms with E-state index in [1.165, 1.54) is 18.4 Å². The molecule has 1 unspecified atom stereocenters. The summed E-state index contributed by atoms with van der Waals surface area (Å²) in [5, 5.41) is 11.5. The number of nitrogens with one attached hydrogen (secondary N) is 1. The van der Waals surface area contributed by atoms with Gasteiger partial charge in [-0.25, -0.2) is 9.97 Å². The summed E-state index contributed by atoms with van der Waals surface area (Å²) in [5.74, 6) is 1.31. The topological polar surface area (TPSA) is 93.1 Å². The first-order valence-electron chi connectivity index (χ1n) is 7.34. The van der Waals surface area contributed by atoms with Gasteiger partial charge in [0.25, 0.3) is 0 Å². The molecule has 0 aromatic carbocycles. The van der Waals surface area contributed by atoms with E-state index in [-0.39, 0.29) is 18.6 Å². The van der Waals surface area contributed by atoms with Crippen LogP contribution in [0.15, 0.2) is 11.6 Å². The molecule has 1 amide bonds. The normalized spacial score (nSPS) is 17.5. The first-order valence-corrected chi connectivity index (χ1v) is 8.22. The van der Waals surface area contributed by atoms with Crippen LogP contribution in [0.5, 0.6) is 0 Å². The Kier molecular flexibility index (Phi) is 4.77. The summed E-state index contributed by atoms with van der Waals surface area (Å²) in [6, 6.07) is 1.84. The average molecular weight is 334 g/mol. The number of anilines is 2. The molecular weight excluding hydrogens is 316 g/mol. The van der Waals surface area contributed by atoms with Gasteiger partial charge in [-0.2, -0.15) is 0 Å². The van der Waals surface area contributed by atoms with Crippen molar-refractivity contribution in [1.82, 2.24) is 25.1 Å². The van der Waals surface area contributed by atoms with Crippen LogP contribution < -0.4 is 5.32 Å². The number of likely N-dealkylation sites (tertiary alicyclic amines) is 1. The lowest BCUT2D eigenvalue weighted by atomic mass is 10.1. The van der Waals surface area contributed by atoms with E-state index in [1.54, 1.807) is 5.51 Å². The van der Waals surface area contributed by atoms with Gasteiger partial charge in [0.2, 0.25) is 11.0 Å². The lowest BCUT2D eigenvalue weighted by Crippen LogP contribution is -2.33. The van der Waals surface area contributed by atoms with Crippen LogP contribution >= 0.6 is 11.3 Å². The van der Waals surface area contributed by atoms with E-state index in [9.17, 15) is 4.79 Å². The van der Waals surface area contributed by atoms with Crippen molar-refractivity contribution in [3.8, 4) is 0 Å². The van der Waals surface area contributed by atoms with Crippen molar-refractivity contribution in [3.05, 3.63) is 23.1 Å². The van der Waals surface area contributed by atoms with Crippen LogP contribution in [0.25, 0.3) is 0 Å². The molecule has 1 atom stereocenters. The van der Waals surface area contributed by atoms with Crippen LogP contribution in [-0.2, 0) is 9.53 Å². The number of carbonyl (C=O) groups excluding carboxylic acids is 1. The highest BCUT2D eigenvalue weighted by atomic mass is 32.1. The van der Waals surface area contributed by atoms with Crippen LogP contribution in [0.2, 0.25) is 0 Å². The minimum absolute atomic E-state index is 0.00935. The van der Waals surface area contributed by atoms with Gasteiger partial charge in [-0.1, -0.05) is 11.3 Å². The average Bonchev–Trinajstić information content (AvgIpc) is 3.17. The number of amides is 1. The molecular formula is C14H18N6O2S. The molecule has 3 rings (SSSR count). The maximum Gasteiger partial charge on any atom is 0.249 e. The van der Waals surface area contributed by atoms with Gasteiger partial charge in [0.15, 0.2) is 0 Å². The Hall–Kier alpha value is -2.13. The van der Waals surface area contributed by atoms with Gasteiger partial charge >= 0.3 is 0 Å². The van der Waals surface area contributed by atoms with E-state index < -0.39 is 0 Å². The molecule has 1 saturated heterocycles. The molecule has 0 bridgehead atoms. The van der Waals surface area contributed by atoms with Crippen molar-refractivity contribution >= 4 is 28.2 Å². The van der Waals surface area contributed by atoms with E-state index in [0.717, 1.165) is 25.1 Å². The highest BCUT2D eigenvalue weighted by Crippen LogP contribution is 2.32. The number of ether oxygens (including phenoxy) is 1. The second-order valence-corrected chi connectivity index (χ2v) is 6.11. The maximum atomic E-state index is 12.2. The third-order valence-electron chi connectivity index (χ3n) is 3.64. The Morgan fingerprint density at radius 3 is 3.13 bits per heavy atom. The number of carbonyl (C=O) groups is 1. The summed E-state index contributed by atoms with van der Waals surface area (Å²) in [5.41, 5.74) is 2.49. The molecule has 0 spiro atoms. The monoisotopic (exact) mass is 334 g/mol. The number of aromatic nitrogens is 4. The fourth-order valence-corrected chi connectivity index (χ4v) is 3.19. The van der Waals surface area contributed by atoms with Crippen LogP contribution in [0.4, 0.5) is 10.9 Å². The zero-order valence-corrected chi connectivity index (χ0v) is 13.8. The van der Waals surface area contributed by atoms with Gasteiger partial charge < -0.3 is 15.0 Å². The van der Waals surface area contributed by atoms with Gasteiger partial charge in [0.1, 0.15) is 23.8 Å². The van der Waals surface area contributed by atoms with Crippen molar-refractivity contribution in [2.75, 3.05) is 25.6 Å². The van der Waals surface area contributed by atoms with Gasteiger partial charge in [-0.05, 0) is 19.8 Å². The summed E-state index contributed by atoms with van der Waals surface area (Å²) < 4.78 is 4.97. The second-order valence-electron chi connectivity index (χ2n) is 5.27. The number of nitrogens with zero attached hydrogens (tertiary/aromatic N) is 5. The Bertz CT molecular complexity index is 678. The lowest BCUT2D eigenvalue weighted by molar-refractivity contribution is -0.136. The molecule has 2 aromatic rings. The van der Waals surface area contributed by atoms with Crippen molar-refractivity contribution in [2.45, 2.75) is 25.8 Å². The zero-order valence-electron chi connectivity index (χ0n) is 13.0. The fourth-order valence-electron chi connectivity index (χ4n) is 2.74. The highest BCUT2D eigenvalue weighted by Gasteiger charge is 2.31. The Labute approximate surface area is 137 Å². The SMILES string of the molecule is COCC(=O)N1CCCC1c1cc(Nc2nncs2)nc(C)n1. The fraction of sp³-hybridized carbons (Fsp3) is 0.500. The van der Waals surface area contributed by atoms with Crippen LogP contribution in [0, 0.1) is 6.92 Å². The number of hydrogen-bond acceptors (Lipinski definition) is 8.